The van der Waals surface area contributed by atoms with Gasteiger partial charge in [0.05, 0.1) is 36.6 Å². The van der Waals surface area contributed by atoms with Gasteiger partial charge < -0.3 is 38.8 Å². The SMILES string of the molecule is CCC[C@H](CC(=O)[C@@H]1C[C@]2(CC(c3ccccc3)=NO2)CN1C(=O)OCC1c2ccccc2-c2ccccc21)C(OC)C(=O)CC1CC1.CCC[C@H](CC(=O)[C@@H]1C[C@]2(CC(c3ccccc3)=NO2)CN1C(=O)[C@@H](NC(=O)OCC1c2ccccc2-c2ccccc21)C(C)(C)C)C(OC)C(=O)CC1CC1. The Morgan fingerprint density at radius 3 is 1.28 bits per heavy atom. The van der Waals surface area contributed by atoms with Crippen LogP contribution in [0, 0.1) is 29.1 Å². The van der Waals surface area contributed by atoms with Crippen molar-refractivity contribution in [1.29, 1.82) is 0 Å². The molecular formula is C86H99N5O13. The molecule has 18 heteroatoms. The number of nitrogens with zero attached hydrogens (tertiary/aromatic N) is 4. The Morgan fingerprint density at radius 1 is 0.519 bits per heavy atom. The van der Waals surface area contributed by atoms with Crippen LogP contribution in [0.4, 0.5) is 9.59 Å². The molecule has 2 saturated heterocycles. The van der Waals surface area contributed by atoms with Crippen molar-refractivity contribution in [3.63, 3.8) is 0 Å². The first-order valence-corrected chi connectivity index (χ1v) is 37.6. The van der Waals surface area contributed by atoms with Crippen LogP contribution >= 0.6 is 0 Å². The number of methoxy groups -OCH3 is 2. The van der Waals surface area contributed by atoms with Crippen LogP contribution in [0.15, 0.2) is 168 Å². The van der Waals surface area contributed by atoms with E-state index < -0.39 is 65.0 Å². The molecule has 8 aliphatic rings. The Balaban J connectivity index is 0.000000187. The molecule has 6 aromatic carbocycles. The topological polar surface area (TPSA) is 218 Å². The predicted molar refractivity (Wildman–Crippen MR) is 397 cm³/mol. The second-order valence-electron chi connectivity index (χ2n) is 31.3. The summed E-state index contributed by atoms with van der Waals surface area (Å²) >= 11 is 0. The van der Waals surface area contributed by atoms with E-state index in [1.165, 1.54) is 0 Å². The van der Waals surface area contributed by atoms with Crippen LogP contribution < -0.4 is 5.32 Å². The summed E-state index contributed by atoms with van der Waals surface area (Å²) in [6, 6.07) is 49.7. The number of hydrogen-bond donors (Lipinski definition) is 1. The Hall–Kier alpha value is -9.13. The standard InChI is InChI=1S/C46H55N3O7.C40H44N2O6/c1-6-14-31(41(54-5)40(51)23-29-21-22-29)24-39(50)38-26-46(25-37(48-56-46)30-15-8-7-9-16-30)28-49(38)43(52)42(45(2,3)4)47-44(53)55-27-36-34-19-12-10-17-32(34)33-18-11-13-20-35(33)36;1-3-11-28(38(46-2)37(44)20-26-18-19-26)21-36(43)35-23-40(22-34(41-48-40)27-12-5-4-6-13-27)25-42(35)39(45)47-24-33-31-16-9-7-14-29(31)30-15-8-10-17-32(30)33/h7-13,15-20,29,31,36,38,41-42H,6,14,21-28H2,1-5H3,(H,47,53);4-10,12-17,26,28,33,35,38H,3,11,18-25H2,1-2H3/t31-,38+,41?,42-,46-;28-,35+,38?,40-/m11/s1. The number of benzene rings is 6. The zero-order valence-corrected chi connectivity index (χ0v) is 61.1. The van der Waals surface area contributed by atoms with E-state index >= 15 is 0 Å². The molecule has 0 bridgehead atoms. The molecule has 0 aromatic heterocycles. The largest absolute Gasteiger partial charge is 0.449 e. The lowest BCUT2D eigenvalue weighted by atomic mass is 9.84. The molecule has 4 aliphatic heterocycles. The van der Waals surface area contributed by atoms with Crippen LogP contribution in [0.1, 0.15) is 183 Å². The number of likely N-dealkylation sites (tertiary alicyclic amines) is 2. The number of amides is 3. The van der Waals surface area contributed by atoms with Gasteiger partial charge in [0.25, 0.3) is 0 Å². The van der Waals surface area contributed by atoms with Crippen LogP contribution in [0.2, 0.25) is 0 Å². The predicted octanol–water partition coefficient (Wildman–Crippen LogP) is 15.2. The van der Waals surface area contributed by atoms with Crippen molar-refractivity contribution >= 4 is 52.7 Å². The molecule has 1 N–H and O–H groups in total. The van der Waals surface area contributed by atoms with Crippen molar-refractivity contribution in [2.45, 2.75) is 191 Å². The molecule has 2 spiro atoms. The van der Waals surface area contributed by atoms with E-state index in [1.807, 2.05) is 137 Å². The van der Waals surface area contributed by atoms with Gasteiger partial charge in [0.1, 0.15) is 31.5 Å². The van der Waals surface area contributed by atoms with Crippen molar-refractivity contribution in [1.82, 2.24) is 15.1 Å². The van der Waals surface area contributed by atoms with E-state index in [0.717, 1.165) is 106 Å². The number of oxime groups is 2. The van der Waals surface area contributed by atoms with Crippen molar-refractivity contribution in [2.24, 2.45) is 39.4 Å². The number of nitrogens with one attached hydrogen (secondary N) is 1. The van der Waals surface area contributed by atoms with E-state index in [4.69, 9.17) is 28.6 Å². The molecular weight excluding hydrogens is 1310 g/mol. The first-order chi connectivity index (χ1) is 50.3. The van der Waals surface area contributed by atoms with Crippen molar-refractivity contribution in [2.75, 3.05) is 40.5 Å². The number of Topliss-reactive ketones (excluding diaryl/α,β-unsaturated/α-hetero) is 4. The Labute approximate surface area is 611 Å². The summed E-state index contributed by atoms with van der Waals surface area (Å²) in [4.78, 5) is 114. The summed E-state index contributed by atoms with van der Waals surface area (Å²) in [7, 11) is 3.10. The third-order valence-corrected chi connectivity index (χ3v) is 22.6. The van der Waals surface area contributed by atoms with Crippen molar-refractivity contribution in [3.8, 4) is 22.3 Å². The van der Waals surface area contributed by atoms with Gasteiger partial charge in [0.2, 0.25) is 5.91 Å². The number of carbonyl (C=O) groups excluding carboxylic acids is 7. The quantitative estimate of drug-likeness (QED) is 0.0484. The fourth-order valence-corrected chi connectivity index (χ4v) is 17.0. The molecule has 3 amide bonds. The maximum atomic E-state index is 14.9. The lowest BCUT2D eigenvalue weighted by Gasteiger charge is -2.35. The van der Waals surface area contributed by atoms with E-state index in [9.17, 15) is 33.6 Å². The molecule has 104 heavy (non-hydrogen) atoms. The Bertz CT molecular complexity index is 4110. The minimum Gasteiger partial charge on any atom is -0.449 e. The van der Waals surface area contributed by atoms with Crippen LogP contribution in [0.3, 0.4) is 0 Å². The number of rotatable bonds is 28. The highest BCUT2D eigenvalue weighted by Gasteiger charge is 2.57. The minimum absolute atomic E-state index is 0.0391. The third kappa shape index (κ3) is 16.1. The summed E-state index contributed by atoms with van der Waals surface area (Å²) in [5.41, 5.74) is 9.91. The number of alkyl carbamates (subject to hydrolysis) is 1. The zero-order chi connectivity index (χ0) is 72.9. The summed E-state index contributed by atoms with van der Waals surface area (Å²) in [6.07, 6.45) is 7.23. The maximum Gasteiger partial charge on any atom is 0.410 e. The van der Waals surface area contributed by atoms with Gasteiger partial charge >= 0.3 is 12.2 Å². The summed E-state index contributed by atoms with van der Waals surface area (Å²) in [6.45, 7) is 10.3. The molecule has 9 atom stereocenters. The van der Waals surface area contributed by atoms with Gasteiger partial charge in [-0.1, -0.05) is 215 Å². The zero-order valence-electron chi connectivity index (χ0n) is 61.1. The summed E-state index contributed by atoms with van der Waals surface area (Å²) in [5, 5.41) is 11.8. The van der Waals surface area contributed by atoms with E-state index in [2.05, 4.69) is 71.1 Å². The number of ketones is 4. The average Bonchev–Trinajstić information content (AvgIpc) is 1.63. The highest BCUT2D eigenvalue weighted by Crippen LogP contribution is 2.48. The van der Waals surface area contributed by atoms with E-state index in [1.54, 1.807) is 24.0 Å². The van der Waals surface area contributed by atoms with Crippen molar-refractivity contribution in [3.05, 3.63) is 191 Å². The number of fused-ring (bicyclic) bond motifs is 6. The van der Waals surface area contributed by atoms with Crippen LogP contribution in [0.5, 0.6) is 0 Å². The maximum absolute atomic E-state index is 14.9. The molecule has 0 radical (unpaired) electrons. The van der Waals surface area contributed by atoms with Crippen LogP contribution in [0.25, 0.3) is 22.3 Å². The molecule has 4 fully saturated rings. The van der Waals surface area contributed by atoms with Gasteiger partial charge in [0.15, 0.2) is 34.3 Å². The molecule has 4 aliphatic carbocycles. The molecule has 546 valence electrons. The van der Waals surface area contributed by atoms with E-state index in [0.29, 0.717) is 56.8 Å². The second-order valence-corrected chi connectivity index (χ2v) is 31.3. The lowest BCUT2D eigenvalue weighted by Crippen LogP contribution is -2.57. The van der Waals surface area contributed by atoms with Gasteiger partial charge in [-0.2, -0.15) is 0 Å². The Morgan fingerprint density at radius 2 is 0.894 bits per heavy atom. The molecule has 2 saturated carbocycles. The fraction of sp³-hybridized carbons (Fsp3) is 0.477. The monoisotopic (exact) mass is 1410 g/mol. The molecule has 2 unspecified atom stereocenters. The third-order valence-electron chi connectivity index (χ3n) is 22.6. The number of hydrogen-bond acceptors (Lipinski definition) is 15. The summed E-state index contributed by atoms with van der Waals surface area (Å²) in [5.74, 6) is -0.524. The fourth-order valence-electron chi connectivity index (χ4n) is 17.0. The molecule has 18 nitrogen and oxygen atoms in total. The van der Waals surface area contributed by atoms with Gasteiger partial charge in [-0.15, -0.1) is 0 Å². The van der Waals surface area contributed by atoms with Gasteiger partial charge in [-0.3, -0.25) is 28.9 Å². The highest BCUT2D eigenvalue weighted by molar-refractivity contribution is 6.03. The second kappa shape index (κ2) is 31.7. The van der Waals surface area contributed by atoms with Gasteiger partial charge in [0, 0.05) is 77.4 Å². The van der Waals surface area contributed by atoms with Gasteiger partial charge in [-0.25, -0.2) is 9.59 Å². The molecule has 14 rings (SSSR count). The lowest BCUT2D eigenvalue weighted by molar-refractivity contribution is -0.143. The smallest absolute Gasteiger partial charge is 0.410 e. The first-order valence-electron chi connectivity index (χ1n) is 37.6. The first kappa shape index (κ1) is 73.2. The van der Waals surface area contributed by atoms with Gasteiger partial charge in [-0.05, 0) is 123 Å². The average molecular weight is 1410 g/mol. The molecule has 6 aromatic rings. The normalized spacial score (nSPS) is 22.1. The minimum atomic E-state index is -1.02. The number of ether oxygens (including phenoxy) is 4. The van der Waals surface area contributed by atoms with Crippen molar-refractivity contribution < 1.29 is 62.2 Å². The Kier molecular flexibility index (Phi) is 22.3. The summed E-state index contributed by atoms with van der Waals surface area (Å²) < 4.78 is 23.5. The highest BCUT2D eigenvalue weighted by atomic mass is 16.7. The number of carbonyl (C=O) groups is 7. The van der Waals surface area contributed by atoms with Crippen LogP contribution in [-0.4, -0.2) is 145 Å². The van der Waals surface area contributed by atoms with Crippen LogP contribution in [-0.2, 0) is 52.6 Å². The molecule has 4 heterocycles. The van der Waals surface area contributed by atoms with E-state index in [-0.39, 0.29) is 92.4 Å².